The predicted molar refractivity (Wildman–Crippen MR) is 172 cm³/mol. The first kappa shape index (κ1) is 30.8. The number of hydrogen-bond donors (Lipinski definition) is 2. The molecular formula is C33H38N6O2S. The first-order chi connectivity index (χ1) is 20.4. The molecular weight excluding hydrogens is 544 g/mol. The van der Waals surface area contributed by atoms with Crippen molar-refractivity contribution in [2.75, 3.05) is 5.75 Å². The van der Waals surface area contributed by atoms with Crippen molar-refractivity contribution in [3.05, 3.63) is 93.8 Å². The van der Waals surface area contributed by atoms with Crippen LogP contribution in [0.4, 0.5) is 0 Å². The van der Waals surface area contributed by atoms with Crippen LogP contribution in [0.25, 0.3) is 17.0 Å². The Morgan fingerprint density at radius 2 is 1.88 bits per heavy atom. The molecule has 2 heterocycles. The highest BCUT2D eigenvalue weighted by Gasteiger charge is 2.27. The van der Waals surface area contributed by atoms with Crippen LogP contribution in [0, 0.1) is 18.3 Å². The molecule has 0 saturated carbocycles. The molecule has 8 nitrogen and oxygen atoms in total. The zero-order valence-corrected chi connectivity index (χ0v) is 25.4. The summed E-state index contributed by atoms with van der Waals surface area (Å²) >= 11 is 1.80. The molecule has 9 heteroatoms. The summed E-state index contributed by atoms with van der Waals surface area (Å²) in [6, 6.07) is 19.3. The van der Waals surface area contributed by atoms with Gasteiger partial charge in [-0.1, -0.05) is 54.5 Å². The van der Waals surface area contributed by atoms with Gasteiger partial charge >= 0.3 is 0 Å². The van der Waals surface area contributed by atoms with Gasteiger partial charge in [0.25, 0.3) is 0 Å². The van der Waals surface area contributed by atoms with Crippen molar-refractivity contribution in [2.45, 2.75) is 65.0 Å². The number of nitrogens with zero attached hydrogens (tertiary/aromatic N) is 4. The summed E-state index contributed by atoms with van der Waals surface area (Å²) in [5, 5.41) is 13.4. The monoisotopic (exact) mass is 582 g/mol. The molecule has 1 saturated heterocycles. The number of allylic oxidation sites excluding steroid dienone is 1. The van der Waals surface area contributed by atoms with Crippen LogP contribution in [0.1, 0.15) is 62.4 Å². The van der Waals surface area contributed by atoms with Crippen molar-refractivity contribution in [1.29, 1.82) is 5.26 Å². The molecule has 4 N–H and O–H groups in total. The van der Waals surface area contributed by atoms with E-state index >= 15 is 0 Å². The Kier molecular flexibility index (Phi) is 10.8. The number of nitriles is 1. The van der Waals surface area contributed by atoms with Gasteiger partial charge in [-0.25, -0.2) is 9.98 Å². The van der Waals surface area contributed by atoms with Crippen LogP contribution in [-0.4, -0.2) is 35.3 Å². The quantitative estimate of drug-likeness (QED) is 0.153. The second-order valence-corrected chi connectivity index (χ2v) is 11.1. The number of nitrogens with two attached hydrogens (primary N) is 2. The average molecular weight is 583 g/mol. The van der Waals surface area contributed by atoms with E-state index in [0.717, 1.165) is 64.5 Å². The molecule has 0 bridgehead atoms. The summed E-state index contributed by atoms with van der Waals surface area (Å²) in [5.74, 6) is 2.87. The van der Waals surface area contributed by atoms with Crippen LogP contribution < -0.4 is 11.5 Å². The number of aliphatic imine (C=N–C) groups is 2. The second kappa shape index (κ2) is 14.7. The lowest BCUT2D eigenvalue weighted by atomic mass is 9.99. The molecule has 1 aliphatic rings. The molecule has 0 aliphatic carbocycles. The van der Waals surface area contributed by atoms with Crippen LogP contribution in [-0.2, 0) is 10.5 Å². The third-order valence-corrected chi connectivity index (χ3v) is 8.35. The van der Waals surface area contributed by atoms with Crippen molar-refractivity contribution >= 4 is 29.5 Å². The molecule has 42 heavy (non-hydrogen) atoms. The lowest BCUT2D eigenvalue weighted by molar-refractivity contribution is 0.0642. The van der Waals surface area contributed by atoms with Gasteiger partial charge in [-0.3, -0.25) is 0 Å². The van der Waals surface area contributed by atoms with Crippen LogP contribution in [0.5, 0.6) is 0 Å². The van der Waals surface area contributed by atoms with E-state index < -0.39 is 0 Å². The summed E-state index contributed by atoms with van der Waals surface area (Å²) in [5.41, 5.74) is 20.3. The standard InChI is InChI=1S/C33H38N6O2S/c1-5-21(3)30(35)29(31(36)24-14-12-23(18-34)13-15-24)33(37-6-2)38-28-17-16-26(40-28)19-42-20-27-22(4)39-41-32(27)25-10-8-7-9-11-25/h6-15,26,28H,5,16-17,19-20,35-36H2,1-4H3/b30-21-,31-29-,37-6?,38-33-. The Bertz CT molecular complexity index is 1530. The topological polar surface area (TPSA) is 136 Å². The molecule has 4 rings (SSSR count). The third kappa shape index (κ3) is 7.38. The van der Waals surface area contributed by atoms with Gasteiger partial charge in [0.1, 0.15) is 0 Å². The van der Waals surface area contributed by atoms with Gasteiger partial charge in [0, 0.05) is 34.5 Å². The molecule has 0 radical (unpaired) electrons. The number of aryl methyl sites for hydroxylation is 1. The lowest BCUT2D eigenvalue weighted by Crippen LogP contribution is -2.20. The third-order valence-electron chi connectivity index (χ3n) is 7.25. The summed E-state index contributed by atoms with van der Waals surface area (Å²) in [7, 11) is 0. The van der Waals surface area contributed by atoms with E-state index in [2.05, 4.69) is 16.2 Å². The van der Waals surface area contributed by atoms with Crippen molar-refractivity contribution < 1.29 is 9.26 Å². The molecule has 2 atom stereocenters. The number of benzene rings is 2. The number of hydrogen-bond acceptors (Lipinski definition) is 8. The van der Waals surface area contributed by atoms with E-state index in [-0.39, 0.29) is 12.3 Å². The number of aromatic nitrogens is 1. The van der Waals surface area contributed by atoms with Crippen LogP contribution in [0.2, 0.25) is 0 Å². The number of rotatable bonds is 10. The van der Waals surface area contributed by atoms with Gasteiger partial charge in [-0.15, -0.1) is 0 Å². The molecule has 2 unspecified atom stereocenters. The first-order valence-electron chi connectivity index (χ1n) is 14.1. The predicted octanol–water partition coefficient (Wildman–Crippen LogP) is 6.76. The molecule has 1 aliphatic heterocycles. The molecule has 2 aromatic carbocycles. The van der Waals surface area contributed by atoms with E-state index in [1.165, 1.54) is 0 Å². The summed E-state index contributed by atoms with van der Waals surface area (Å²) < 4.78 is 12.0. The Balaban J connectivity index is 1.51. The fourth-order valence-electron chi connectivity index (χ4n) is 4.65. The first-order valence-corrected chi connectivity index (χ1v) is 15.3. The maximum atomic E-state index is 9.20. The average Bonchev–Trinajstić information content (AvgIpc) is 3.63. The minimum Gasteiger partial charge on any atom is -0.398 e. The Labute approximate surface area is 252 Å². The zero-order chi connectivity index (χ0) is 30.1. The molecule has 0 amide bonds. The van der Waals surface area contributed by atoms with E-state index in [4.69, 9.17) is 25.7 Å². The Morgan fingerprint density at radius 1 is 1.14 bits per heavy atom. The smallest absolute Gasteiger partial charge is 0.171 e. The van der Waals surface area contributed by atoms with Crippen molar-refractivity contribution in [3.8, 4) is 17.4 Å². The lowest BCUT2D eigenvalue weighted by Gasteiger charge is -2.17. The highest BCUT2D eigenvalue weighted by molar-refractivity contribution is 7.98. The SMILES string of the molecule is CC=NC(=N\C1CCC(CSCc2c(C)noc2-c2ccccc2)O1)/C(C(/N)=C(\C)CC)=C(\N)c1ccc(C#N)cc1. The second-order valence-electron chi connectivity index (χ2n) is 10.1. The van der Waals surface area contributed by atoms with Crippen LogP contribution in [0.3, 0.4) is 0 Å². The normalized spacial score (nSPS) is 18.6. The molecule has 218 valence electrons. The van der Waals surface area contributed by atoms with Gasteiger partial charge in [-0.2, -0.15) is 17.0 Å². The molecule has 0 spiro atoms. The van der Waals surface area contributed by atoms with Crippen LogP contribution >= 0.6 is 11.8 Å². The molecule has 1 fully saturated rings. The maximum Gasteiger partial charge on any atom is 0.171 e. The highest BCUT2D eigenvalue weighted by Crippen LogP contribution is 2.32. The van der Waals surface area contributed by atoms with Gasteiger partial charge in [-0.05, 0) is 63.3 Å². The van der Waals surface area contributed by atoms with Gasteiger partial charge < -0.3 is 20.7 Å². The van der Waals surface area contributed by atoms with Gasteiger partial charge in [0.05, 0.1) is 34.7 Å². The number of amidine groups is 1. The zero-order valence-electron chi connectivity index (χ0n) is 24.6. The van der Waals surface area contributed by atoms with E-state index in [1.807, 2.05) is 70.2 Å². The van der Waals surface area contributed by atoms with Crippen molar-refractivity contribution in [3.63, 3.8) is 0 Å². The Morgan fingerprint density at radius 3 is 2.55 bits per heavy atom. The Hall–Kier alpha value is -4.13. The van der Waals surface area contributed by atoms with Crippen LogP contribution in [0.15, 0.2) is 85.9 Å². The van der Waals surface area contributed by atoms with Crippen molar-refractivity contribution in [1.82, 2.24) is 5.16 Å². The molecule has 1 aromatic heterocycles. The number of thioether (sulfide) groups is 1. The van der Waals surface area contributed by atoms with Gasteiger partial charge in [0.15, 0.2) is 17.8 Å². The van der Waals surface area contributed by atoms with E-state index in [9.17, 15) is 5.26 Å². The minimum atomic E-state index is -0.356. The summed E-state index contributed by atoms with van der Waals surface area (Å²) in [6.45, 7) is 7.84. The largest absolute Gasteiger partial charge is 0.398 e. The maximum absolute atomic E-state index is 9.20. The minimum absolute atomic E-state index is 0.0597. The van der Waals surface area contributed by atoms with Crippen molar-refractivity contribution in [2.24, 2.45) is 21.5 Å². The fraction of sp³-hybridized carbons (Fsp3) is 0.333. The van der Waals surface area contributed by atoms with E-state index in [1.54, 1.807) is 30.1 Å². The van der Waals surface area contributed by atoms with E-state index in [0.29, 0.717) is 28.4 Å². The summed E-state index contributed by atoms with van der Waals surface area (Å²) in [4.78, 5) is 9.51. The number of ether oxygens (including phenoxy) is 1. The summed E-state index contributed by atoms with van der Waals surface area (Å²) in [6.07, 6.45) is 3.82. The molecule has 3 aromatic rings. The van der Waals surface area contributed by atoms with Gasteiger partial charge in [0.2, 0.25) is 0 Å². The fourth-order valence-corrected chi connectivity index (χ4v) is 5.82. The highest BCUT2D eigenvalue weighted by atomic mass is 32.2.